The zero-order valence-electron chi connectivity index (χ0n) is 26.0. The average molecular weight is 583 g/mol. The maximum absolute atomic E-state index is 14.0. The summed E-state index contributed by atoms with van der Waals surface area (Å²) in [6, 6.07) is 0.0413. The fraction of sp³-hybridized carbons (Fsp3) is 0.933. The van der Waals surface area contributed by atoms with Crippen LogP contribution in [0.2, 0.25) is 0 Å². The van der Waals surface area contributed by atoms with E-state index < -0.39 is 12.1 Å². The maximum Gasteiger partial charge on any atom is 0.228 e. The van der Waals surface area contributed by atoms with Gasteiger partial charge in [-0.2, -0.15) is 0 Å². The smallest absolute Gasteiger partial charge is 0.228 e. The molecule has 9 nitrogen and oxygen atoms in total. The number of carbonyl (C=O) groups is 1. The second kappa shape index (κ2) is 16.1. The van der Waals surface area contributed by atoms with Gasteiger partial charge in [0, 0.05) is 58.1 Å². The lowest BCUT2D eigenvalue weighted by atomic mass is 9.68. The number of alkyl halides is 1. The van der Waals surface area contributed by atoms with Gasteiger partial charge in [0.05, 0.1) is 29.5 Å². The molecule has 232 valence electrons. The molecule has 6 unspecified atom stereocenters. The van der Waals surface area contributed by atoms with Gasteiger partial charge < -0.3 is 27.0 Å². The number of aliphatic imine (C=N–C) groups is 1. The van der Waals surface area contributed by atoms with Gasteiger partial charge in [-0.05, 0) is 64.1 Å². The average Bonchev–Trinajstić information content (AvgIpc) is 2.97. The number of amides is 1. The topological polar surface area (TPSA) is 115 Å². The molecule has 40 heavy (non-hydrogen) atoms. The van der Waals surface area contributed by atoms with Crippen LogP contribution in [0.25, 0.3) is 0 Å². The number of nitrogens with one attached hydrogen (secondary N) is 2. The Bertz CT molecular complexity index is 788. The molecule has 2 fully saturated rings. The van der Waals surface area contributed by atoms with Crippen LogP contribution in [-0.4, -0.2) is 123 Å². The lowest BCUT2D eigenvalue weighted by Crippen LogP contribution is -2.64. The Kier molecular flexibility index (Phi) is 13.6. The number of likely N-dealkylation sites (N-methyl/N-ethyl adjacent to an activating group) is 1. The van der Waals surface area contributed by atoms with Crippen LogP contribution in [0.1, 0.15) is 65.7 Å². The largest absolute Gasteiger partial charge is 0.350 e. The minimum atomic E-state index is -0.791. The molecule has 0 saturated carbocycles. The van der Waals surface area contributed by atoms with E-state index in [1.54, 1.807) is 0 Å². The molecule has 0 bridgehead atoms. The molecule has 1 amide bonds. The number of rotatable bonds is 11. The van der Waals surface area contributed by atoms with Crippen molar-refractivity contribution in [2.75, 3.05) is 66.5 Å². The maximum atomic E-state index is 14.0. The first-order chi connectivity index (χ1) is 19.0. The van der Waals surface area contributed by atoms with E-state index in [4.69, 9.17) is 28.1 Å². The fourth-order valence-corrected chi connectivity index (χ4v) is 7.48. The van der Waals surface area contributed by atoms with Gasteiger partial charge >= 0.3 is 0 Å². The number of hydrogen-bond acceptors (Lipinski definition) is 8. The van der Waals surface area contributed by atoms with E-state index in [9.17, 15) is 4.79 Å². The summed E-state index contributed by atoms with van der Waals surface area (Å²) in [5.74, 6) is -0.101. The number of nitrogens with zero attached hydrogens (tertiary/aromatic N) is 4. The van der Waals surface area contributed by atoms with Crippen LogP contribution >= 0.6 is 11.6 Å². The van der Waals surface area contributed by atoms with E-state index in [0.717, 1.165) is 97.3 Å². The van der Waals surface area contributed by atoms with E-state index in [-0.39, 0.29) is 28.8 Å². The van der Waals surface area contributed by atoms with Crippen LogP contribution in [0, 0.1) is 17.3 Å². The lowest BCUT2D eigenvalue weighted by molar-refractivity contribution is -0.128. The van der Waals surface area contributed by atoms with E-state index in [1.165, 1.54) is 0 Å². The fourth-order valence-electron chi connectivity index (χ4n) is 7.26. The Morgan fingerprint density at radius 3 is 2.58 bits per heavy atom. The van der Waals surface area contributed by atoms with Gasteiger partial charge in [-0.1, -0.05) is 33.6 Å². The molecule has 3 aliphatic heterocycles. The molecule has 2 saturated heterocycles. The number of piperidine rings is 1. The van der Waals surface area contributed by atoms with Crippen LogP contribution in [0.5, 0.6) is 0 Å². The third-order valence-electron chi connectivity index (χ3n) is 9.50. The summed E-state index contributed by atoms with van der Waals surface area (Å²) >= 11 is 6.61. The molecule has 6 atom stereocenters. The van der Waals surface area contributed by atoms with Gasteiger partial charge in [-0.25, -0.2) is 0 Å². The van der Waals surface area contributed by atoms with E-state index in [0.29, 0.717) is 12.0 Å². The Morgan fingerprint density at radius 2 is 1.95 bits per heavy atom. The Balaban J connectivity index is 1.73. The van der Waals surface area contributed by atoms with Crippen molar-refractivity contribution in [1.82, 2.24) is 25.3 Å². The van der Waals surface area contributed by atoms with Crippen molar-refractivity contribution in [2.24, 2.45) is 33.7 Å². The number of nitrogens with two attached hydrogens (primary N) is 2. The van der Waals surface area contributed by atoms with Crippen LogP contribution in [0.3, 0.4) is 0 Å². The van der Waals surface area contributed by atoms with Gasteiger partial charge in [0.25, 0.3) is 0 Å². The van der Waals surface area contributed by atoms with Gasteiger partial charge in [0.1, 0.15) is 0 Å². The van der Waals surface area contributed by atoms with Crippen molar-refractivity contribution < 1.29 is 4.79 Å². The quantitative estimate of drug-likeness (QED) is 0.217. The van der Waals surface area contributed by atoms with Crippen LogP contribution in [-0.2, 0) is 4.79 Å². The van der Waals surface area contributed by atoms with Gasteiger partial charge in [0.2, 0.25) is 5.91 Å². The van der Waals surface area contributed by atoms with Gasteiger partial charge in [-0.3, -0.25) is 19.6 Å². The summed E-state index contributed by atoms with van der Waals surface area (Å²) in [4.78, 5) is 26.3. The van der Waals surface area contributed by atoms with Crippen molar-refractivity contribution in [3.8, 4) is 0 Å². The van der Waals surface area contributed by atoms with Crippen molar-refractivity contribution in [3.05, 3.63) is 0 Å². The Hall–Kier alpha value is -0.810. The summed E-state index contributed by atoms with van der Waals surface area (Å²) in [6.07, 6.45) is 8.10. The number of halogens is 1. The predicted molar refractivity (Wildman–Crippen MR) is 168 cm³/mol. The number of carbonyl (C=O) groups excluding carboxylic acids is 1. The van der Waals surface area contributed by atoms with E-state index in [2.05, 4.69) is 60.2 Å². The monoisotopic (exact) mass is 582 g/mol. The molecule has 0 radical (unpaired) electrons. The second-order valence-electron chi connectivity index (χ2n) is 13.4. The first kappa shape index (κ1) is 33.7. The normalized spacial score (nSPS) is 32.2. The molecular weight excluding hydrogens is 524 g/mol. The highest BCUT2D eigenvalue weighted by atomic mass is 35.5. The SMILES string of the molecule is CCC1(CC(C)C)CCCC(Cl)C=NC(C(C(=O)NC2CNCCC2N2CCN(CCN(C)C)CC2)C(N)N)C1. The summed E-state index contributed by atoms with van der Waals surface area (Å²) in [6.45, 7) is 14.9. The van der Waals surface area contributed by atoms with Crippen molar-refractivity contribution >= 4 is 23.7 Å². The zero-order chi connectivity index (χ0) is 29.3. The molecule has 0 aromatic heterocycles. The lowest BCUT2D eigenvalue weighted by Gasteiger charge is -2.45. The molecule has 10 heteroatoms. The number of piperazine rings is 1. The van der Waals surface area contributed by atoms with E-state index >= 15 is 0 Å². The third-order valence-corrected chi connectivity index (χ3v) is 9.84. The Labute approximate surface area is 249 Å². The molecule has 3 heterocycles. The van der Waals surface area contributed by atoms with E-state index in [1.807, 2.05) is 6.21 Å². The van der Waals surface area contributed by atoms with Crippen molar-refractivity contribution in [3.63, 3.8) is 0 Å². The summed E-state index contributed by atoms with van der Waals surface area (Å²) < 4.78 is 0. The first-order valence-corrected chi connectivity index (χ1v) is 16.3. The van der Waals surface area contributed by atoms with Crippen molar-refractivity contribution in [2.45, 2.75) is 95.4 Å². The molecule has 6 N–H and O–H groups in total. The minimum Gasteiger partial charge on any atom is -0.350 e. The second-order valence-corrected chi connectivity index (χ2v) is 13.9. The molecular formula is C30H59ClN8O. The van der Waals surface area contributed by atoms with Crippen LogP contribution in [0.4, 0.5) is 0 Å². The zero-order valence-corrected chi connectivity index (χ0v) is 26.7. The number of hydrogen-bond donors (Lipinski definition) is 4. The van der Waals surface area contributed by atoms with Crippen molar-refractivity contribution in [1.29, 1.82) is 0 Å². The summed E-state index contributed by atoms with van der Waals surface area (Å²) in [5, 5.41) is 6.79. The molecule has 3 aliphatic rings. The molecule has 0 aliphatic carbocycles. The third kappa shape index (κ3) is 9.89. The highest BCUT2D eigenvalue weighted by Gasteiger charge is 2.41. The standard InChI is InChI=1S/C30H59ClN8O/c1-6-30(18-22(2)3)10-7-8-23(31)20-35-24(19-30)27(28(32)33)29(40)36-25-21-34-11-9-26(25)39-16-14-38(15-17-39)13-12-37(4)5/h20,22-28,34H,6-19,21,32-33H2,1-5H3,(H,36,40). The Morgan fingerprint density at radius 1 is 1.23 bits per heavy atom. The summed E-state index contributed by atoms with van der Waals surface area (Å²) in [7, 11) is 4.26. The molecule has 0 spiro atoms. The highest BCUT2D eigenvalue weighted by Crippen LogP contribution is 2.43. The predicted octanol–water partition coefficient (Wildman–Crippen LogP) is 1.94. The van der Waals surface area contributed by atoms with Crippen LogP contribution in [0.15, 0.2) is 4.99 Å². The van der Waals surface area contributed by atoms with Crippen LogP contribution < -0.4 is 22.1 Å². The summed E-state index contributed by atoms with van der Waals surface area (Å²) in [5.41, 5.74) is 12.9. The minimum absolute atomic E-state index is 0.0171. The first-order valence-electron chi connectivity index (χ1n) is 15.8. The molecule has 0 aromatic rings. The van der Waals surface area contributed by atoms with Gasteiger partial charge in [0.15, 0.2) is 0 Å². The van der Waals surface area contributed by atoms with Gasteiger partial charge in [-0.15, -0.1) is 11.6 Å². The molecule has 3 rings (SSSR count). The molecule has 0 aromatic carbocycles. The highest BCUT2D eigenvalue weighted by molar-refractivity contribution is 6.28.